The number of hydrogen-bond donors (Lipinski definition) is 0. The zero-order valence-corrected chi connectivity index (χ0v) is 58.8. The van der Waals surface area contributed by atoms with Crippen molar-refractivity contribution < 1.29 is 13.3 Å². The zero-order chi connectivity index (χ0) is 69.7. The molecule has 15 aromatic carbocycles. The maximum atomic E-state index is 6.73. The van der Waals surface area contributed by atoms with Crippen LogP contribution in [0.1, 0.15) is 74.9 Å². The van der Waals surface area contributed by atoms with E-state index in [4.69, 9.17) is 13.3 Å². The van der Waals surface area contributed by atoms with Gasteiger partial charge in [-0.15, -0.1) is 0 Å². The Morgan fingerprint density at radius 2 is 0.635 bits per heavy atom. The second-order valence-electron chi connectivity index (χ2n) is 29.9. The van der Waals surface area contributed by atoms with Crippen LogP contribution in [0.3, 0.4) is 0 Å². The molecule has 0 bridgehead atoms. The Labute approximate surface area is 604 Å². The Morgan fingerprint density at radius 1 is 0.221 bits per heavy atom. The van der Waals surface area contributed by atoms with E-state index in [2.05, 4.69) is 361 Å². The van der Waals surface area contributed by atoms with Gasteiger partial charge in [-0.2, -0.15) is 0 Å². The first-order chi connectivity index (χ1) is 50.8. The summed E-state index contributed by atoms with van der Waals surface area (Å²) in [6.07, 6.45) is 0. The van der Waals surface area contributed by atoms with Crippen molar-refractivity contribution in [1.29, 1.82) is 0 Å². The molecule has 3 aliphatic carbocycles. The molecule has 18 aromatic rings. The summed E-state index contributed by atoms with van der Waals surface area (Å²) in [5.74, 6) is 0. The van der Waals surface area contributed by atoms with Gasteiger partial charge in [-0.25, -0.2) is 0 Å². The molecule has 0 radical (unpaired) electrons. The van der Waals surface area contributed by atoms with Crippen molar-refractivity contribution in [1.82, 2.24) is 0 Å². The van der Waals surface area contributed by atoms with E-state index in [1.54, 1.807) is 0 Å². The molecular weight excluding hydrogens is 1270 g/mol. The van der Waals surface area contributed by atoms with E-state index in [1.807, 2.05) is 18.2 Å². The molecule has 3 heterocycles. The maximum absolute atomic E-state index is 6.73. The van der Waals surface area contributed by atoms with Crippen LogP contribution >= 0.6 is 0 Å². The summed E-state index contributed by atoms with van der Waals surface area (Å²) in [7, 11) is 0. The van der Waals surface area contributed by atoms with Gasteiger partial charge in [0, 0.05) is 99.9 Å². The lowest BCUT2D eigenvalue weighted by Gasteiger charge is -2.28. The third-order valence-electron chi connectivity index (χ3n) is 23.0. The fourth-order valence-electron chi connectivity index (χ4n) is 17.8. The highest BCUT2D eigenvalue weighted by molar-refractivity contribution is 6.14. The highest BCUT2D eigenvalue weighted by atomic mass is 16.3. The van der Waals surface area contributed by atoms with Crippen molar-refractivity contribution in [3.8, 4) is 66.8 Å². The first-order valence-corrected chi connectivity index (χ1v) is 36.2. The number of fused-ring (bicyclic) bond motifs is 20. The molecule has 21 rings (SSSR count). The lowest BCUT2D eigenvalue weighted by molar-refractivity contribution is 0.653. The summed E-state index contributed by atoms with van der Waals surface area (Å²) in [5, 5.41) is 6.97. The van der Waals surface area contributed by atoms with Gasteiger partial charge < -0.3 is 23.1 Å². The second-order valence-corrected chi connectivity index (χ2v) is 29.9. The van der Waals surface area contributed by atoms with Gasteiger partial charge in [-0.1, -0.05) is 272 Å². The summed E-state index contributed by atoms with van der Waals surface area (Å²) in [5.41, 5.74) is 34.5. The Morgan fingerprint density at radius 3 is 1.26 bits per heavy atom. The molecule has 0 fully saturated rings. The van der Waals surface area contributed by atoms with Gasteiger partial charge in [0.2, 0.25) is 0 Å². The number of hydrogen-bond acceptors (Lipinski definition) is 5. The summed E-state index contributed by atoms with van der Waals surface area (Å²) in [4.78, 5) is 4.75. The SMILES string of the molecule is CC1(C)c2cc(N(c3ccc(-c4ccccc4)cc3)c3ccc(-c4cccc5c4oc4ccccc45)cc3)ccc2-c2c1ccc1c2oc2ccccc21.CC1(C)c2ccccc2-c2ccc(N(c3ccc(-c4ccccc4)cc3)c3ccc4c(c3)oc3ccc5c(c34)C(C)(C)c3ccccc3-5)cc21. The Balaban J connectivity index is 0.000000139. The molecule has 0 amide bonds. The van der Waals surface area contributed by atoms with Crippen LogP contribution in [0.15, 0.2) is 341 Å². The number of furan rings is 3. The number of rotatable bonds is 9. The number of benzene rings is 15. The molecule has 0 saturated heterocycles. The topological polar surface area (TPSA) is 45.9 Å². The number of nitrogens with zero attached hydrogens (tertiary/aromatic N) is 2. The van der Waals surface area contributed by atoms with Crippen LogP contribution in [0.5, 0.6) is 0 Å². The van der Waals surface area contributed by atoms with E-state index in [0.717, 1.165) is 106 Å². The van der Waals surface area contributed by atoms with Gasteiger partial charge in [-0.05, 0) is 180 Å². The third-order valence-corrected chi connectivity index (χ3v) is 23.0. The van der Waals surface area contributed by atoms with Crippen LogP contribution in [0.4, 0.5) is 34.1 Å². The average Bonchev–Trinajstić information content (AvgIpc) is 1.55. The average molecular weight is 1340 g/mol. The number of anilines is 6. The van der Waals surface area contributed by atoms with Gasteiger partial charge in [0.1, 0.15) is 33.5 Å². The summed E-state index contributed by atoms with van der Waals surface area (Å²) >= 11 is 0. The lowest BCUT2D eigenvalue weighted by Crippen LogP contribution is -2.16. The first kappa shape index (κ1) is 61.2. The molecule has 0 spiro atoms. The zero-order valence-electron chi connectivity index (χ0n) is 58.8. The molecule has 5 heteroatoms. The molecule has 0 N–H and O–H groups in total. The fraction of sp³-hybridized carbons (Fsp3) is 0.0909. The fourth-order valence-corrected chi connectivity index (χ4v) is 17.8. The molecule has 104 heavy (non-hydrogen) atoms. The van der Waals surface area contributed by atoms with E-state index in [1.165, 1.54) is 94.4 Å². The van der Waals surface area contributed by atoms with E-state index in [9.17, 15) is 0 Å². The largest absolute Gasteiger partial charge is 0.456 e. The van der Waals surface area contributed by atoms with E-state index in [-0.39, 0.29) is 16.2 Å². The molecule has 0 aliphatic heterocycles. The van der Waals surface area contributed by atoms with Gasteiger partial charge in [0.25, 0.3) is 0 Å². The highest BCUT2D eigenvalue weighted by Crippen LogP contribution is 2.57. The molecule has 496 valence electrons. The highest BCUT2D eigenvalue weighted by Gasteiger charge is 2.41. The predicted octanol–water partition coefficient (Wildman–Crippen LogP) is 27.9. The lowest BCUT2D eigenvalue weighted by atomic mass is 9.80. The smallest absolute Gasteiger partial charge is 0.143 e. The quantitative estimate of drug-likeness (QED) is 0.144. The first-order valence-electron chi connectivity index (χ1n) is 36.2. The van der Waals surface area contributed by atoms with Crippen LogP contribution < -0.4 is 9.80 Å². The third kappa shape index (κ3) is 9.39. The van der Waals surface area contributed by atoms with Crippen molar-refractivity contribution >= 4 is 99.9 Å². The molecule has 3 aliphatic rings. The predicted molar refractivity (Wildman–Crippen MR) is 433 cm³/mol. The van der Waals surface area contributed by atoms with E-state index < -0.39 is 0 Å². The van der Waals surface area contributed by atoms with Gasteiger partial charge in [0.15, 0.2) is 0 Å². The Kier molecular flexibility index (Phi) is 13.6. The normalized spacial score (nSPS) is 13.9. The van der Waals surface area contributed by atoms with Gasteiger partial charge >= 0.3 is 0 Å². The van der Waals surface area contributed by atoms with Gasteiger partial charge in [0.05, 0.1) is 0 Å². The van der Waals surface area contributed by atoms with Crippen molar-refractivity contribution in [3.63, 3.8) is 0 Å². The number of para-hydroxylation sites is 3. The molecule has 0 atom stereocenters. The monoisotopic (exact) mass is 1340 g/mol. The van der Waals surface area contributed by atoms with E-state index in [0.29, 0.717) is 0 Å². The standard InChI is InChI=1S/C51H35NO2.C48H37NO/c1-51(2)44-30-29-42-40-14-7-9-18-47(40)54-50(42)48(44)43-28-27-37(31-45(43)51)52(35-23-19-33(20-24-35)32-11-4-3-5-12-32)36-25-21-34(22-26-36)38-15-10-16-41-39-13-6-8-17-46(39)53-49(38)41;1-47(2)40-16-10-8-14-35(40)37-24-22-33(28-42(37)47)49(32-20-18-31(19-21-32)30-12-6-5-7-13-30)34-23-25-39-44(29-34)50-43-27-26-38-36-15-9-11-17-41(36)48(3,4)46(38)45(39)43/h3-31H,1-2H3;5-29H,1-4H3. The Bertz CT molecular complexity index is 6490. The van der Waals surface area contributed by atoms with Crippen molar-refractivity contribution in [2.24, 2.45) is 0 Å². The minimum Gasteiger partial charge on any atom is -0.456 e. The summed E-state index contributed by atoms with van der Waals surface area (Å²) in [6.45, 7) is 14.1. The minimum atomic E-state index is -0.216. The van der Waals surface area contributed by atoms with Gasteiger partial charge in [-0.3, -0.25) is 0 Å². The Hall–Kier alpha value is -12.7. The van der Waals surface area contributed by atoms with E-state index >= 15 is 0 Å². The minimum absolute atomic E-state index is 0.0990. The van der Waals surface area contributed by atoms with Crippen LogP contribution in [0.25, 0.3) is 133 Å². The molecular formula is C99H72N2O3. The van der Waals surface area contributed by atoms with Crippen LogP contribution in [-0.2, 0) is 16.2 Å². The van der Waals surface area contributed by atoms with Crippen molar-refractivity contribution in [2.45, 2.75) is 57.8 Å². The summed E-state index contributed by atoms with van der Waals surface area (Å²) in [6, 6.07) is 118. The van der Waals surface area contributed by atoms with Crippen LogP contribution in [-0.4, -0.2) is 0 Å². The maximum Gasteiger partial charge on any atom is 0.143 e. The molecule has 0 unspecified atom stereocenters. The van der Waals surface area contributed by atoms with Crippen LogP contribution in [0.2, 0.25) is 0 Å². The molecule has 3 aromatic heterocycles. The second kappa shape index (κ2) is 23.2. The molecule has 0 saturated carbocycles. The summed E-state index contributed by atoms with van der Waals surface area (Å²) < 4.78 is 19.7. The molecule has 5 nitrogen and oxygen atoms in total. The van der Waals surface area contributed by atoms with Crippen molar-refractivity contribution in [2.75, 3.05) is 9.80 Å². The van der Waals surface area contributed by atoms with Crippen molar-refractivity contribution in [3.05, 3.63) is 361 Å². The van der Waals surface area contributed by atoms with Crippen LogP contribution in [0, 0.1) is 0 Å².